The molecule has 4 heteroatoms. The minimum absolute atomic E-state index is 0. The second-order valence-electron chi connectivity index (χ2n) is 8.04. The summed E-state index contributed by atoms with van der Waals surface area (Å²) in [6.07, 6.45) is 4.14. The van der Waals surface area contributed by atoms with Crippen LogP contribution in [0.4, 0.5) is 5.69 Å². The van der Waals surface area contributed by atoms with E-state index in [1.54, 1.807) is 0 Å². The maximum Gasteiger partial charge on any atom is 0.0942 e. The molecular weight excluding hydrogens is 356 g/mol. The fraction of sp³-hybridized carbons (Fsp3) is 0.478. The molecule has 0 saturated heterocycles. The number of benzene rings is 2. The van der Waals surface area contributed by atoms with E-state index in [0.717, 1.165) is 30.5 Å². The molecule has 3 nitrogen and oxygen atoms in total. The van der Waals surface area contributed by atoms with Crippen molar-refractivity contribution in [1.82, 2.24) is 4.90 Å². The number of nitrogens with zero attached hydrogens (tertiary/aromatic N) is 2. The van der Waals surface area contributed by atoms with Gasteiger partial charge >= 0.3 is 0 Å². The van der Waals surface area contributed by atoms with Crippen molar-refractivity contribution >= 4 is 18.1 Å². The highest BCUT2D eigenvalue weighted by atomic mass is 35.5. The van der Waals surface area contributed by atoms with Gasteiger partial charge in [-0.15, -0.1) is 12.4 Å². The molecule has 2 aromatic carbocycles. The van der Waals surface area contributed by atoms with E-state index in [1.807, 2.05) is 14.1 Å². The first-order valence-electron chi connectivity index (χ1n) is 9.65. The normalized spacial score (nSPS) is 23.6. The summed E-state index contributed by atoms with van der Waals surface area (Å²) in [6, 6.07) is 19.3. The maximum atomic E-state index is 11.9. The molecule has 2 aromatic rings. The van der Waals surface area contributed by atoms with E-state index in [-0.39, 0.29) is 24.4 Å². The summed E-state index contributed by atoms with van der Waals surface area (Å²) in [5.41, 5.74) is 2.72. The Morgan fingerprint density at radius 2 is 1.56 bits per heavy atom. The van der Waals surface area contributed by atoms with Crippen LogP contribution in [0.3, 0.4) is 0 Å². The number of aliphatic hydroxyl groups is 1. The van der Waals surface area contributed by atoms with Crippen molar-refractivity contribution in [3.8, 4) is 0 Å². The summed E-state index contributed by atoms with van der Waals surface area (Å²) in [7, 11) is 8.35. The van der Waals surface area contributed by atoms with Gasteiger partial charge < -0.3 is 14.9 Å². The van der Waals surface area contributed by atoms with Gasteiger partial charge in [0.05, 0.1) is 5.60 Å². The fourth-order valence-corrected chi connectivity index (χ4v) is 4.55. The lowest BCUT2D eigenvalue weighted by Crippen LogP contribution is -2.45. The largest absolute Gasteiger partial charge is 0.385 e. The average molecular weight is 389 g/mol. The Hall–Kier alpha value is -1.55. The molecule has 3 unspecified atom stereocenters. The van der Waals surface area contributed by atoms with Gasteiger partial charge in [0, 0.05) is 31.7 Å². The van der Waals surface area contributed by atoms with E-state index < -0.39 is 5.60 Å². The molecular formula is C23H33ClN2O. The molecule has 27 heavy (non-hydrogen) atoms. The van der Waals surface area contributed by atoms with Gasteiger partial charge in [0.2, 0.25) is 0 Å². The number of hydrogen-bond donors (Lipinski definition) is 1. The fourth-order valence-electron chi connectivity index (χ4n) is 4.55. The van der Waals surface area contributed by atoms with Crippen LogP contribution in [-0.2, 0) is 5.60 Å². The van der Waals surface area contributed by atoms with Gasteiger partial charge in [-0.1, -0.05) is 55.3 Å². The van der Waals surface area contributed by atoms with Crippen LogP contribution in [0, 0.1) is 5.92 Å². The zero-order valence-corrected chi connectivity index (χ0v) is 17.7. The molecule has 0 aromatic heterocycles. The smallest absolute Gasteiger partial charge is 0.0942 e. The van der Waals surface area contributed by atoms with Crippen molar-refractivity contribution in [2.45, 2.75) is 37.3 Å². The second-order valence-corrected chi connectivity index (χ2v) is 8.04. The van der Waals surface area contributed by atoms with E-state index in [2.05, 4.69) is 78.5 Å². The summed E-state index contributed by atoms with van der Waals surface area (Å²) in [5, 5.41) is 11.9. The molecule has 0 spiro atoms. The molecule has 3 rings (SSSR count). The number of rotatable bonds is 5. The molecule has 1 saturated carbocycles. The van der Waals surface area contributed by atoms with Gasteiger partial charge in [-0.3, -0.25) is 0 Å². The second kappa shape index (κ2) is 9.09. The molecule has 0 amide bonds. The number of anilines is 1. The van der Waals surface area contributed by atoms with Gasteiger partial charge in [0.15, 0.2) is 0 Å². The molecule has 1 aliphatic carbocycles. The highest BCUT2D eigenvalue weighted by Gasteiger charge is 2.45. The van der Waals surface area contributed by atoms with Crippen molar-refractivity contribution in [2.24, 2.45) is 5.92 Å². The van der Waals surface area contributed by atoms with E-state index in [9.17, 15) is 5.11 Å². The maximum absolute atomic E-state index is 11.9. The van der Waals surface area contributed by atoms with Gasteiger partial charge in [0.25, 0.3) is 0 Å². The van der Waals surface area contributed by atoms with Gasteiger partial charge in [-0.2, -0.15) is 0 Å². The molecule has 148 valence electrons. The Morgan fingerprint density at radius 1 is 0.926 bits per heavy atom. The molecule has 1 aliphatic rings. The lowest BCUT2D eigenvalue weighted by molar-refractivity contribution is -0.0837. The van der Waals surface area contributed by atoms with Gasteiger partial charge in [-0.05, 0) is 50.2 Å². The standard InChI is InChI=1S/C23H32N2O.ClH/c1-24(2)20-15-13-19(14-16-20)23(26)17-9-8-12-21(23)22(25(3)4)18-10-6-5-7-11-18;/h5-7,10-11,13-16,21-22,26H,8-9,12,17H2,1-4H3;1H. The predicted molar refractivity (Wildman–Crippen MR) is 117 cm³/mol. The average Bonchev–Trinajstić information content (AvgIpc) is 2.64. The number of halogens is 1. The van der Waals surface area contributed by atoms with Crippen LogP contribution in [0.15, 0.2) is 54.6 Å². The Morgan fingerprint density at radius 3 is 2.11 bits per heavy atom. The monoisotopic (exact) mass is 388 g/mol. The summed E-state index contributed by atoms with van der Waals surface area (Å²) in [5.74, 6) is 0.179. The lowest BCUT2D eigenvalue weighted by Gasteiger charge is -2.46. The minimum Gasteiger partial charge on any atom is -0.385 e. The van der Waals surface area contributed by atoms with E-state index in [0.29, 0.717) is 0 Å². The Labute approximate surface area is 170 Å². The SMILES string of the molecule is CN(C)c1ccc(C2(O)CCCCC2C(c2ccccc2)N(C)C)cc1.Cl. The Bertz CT molecular complexity index is 702. The predicted octanol–water partition coefficient (Wildman–Crippen LogP) is 4.86. The third kappa shape index (κ3) is 4.48. The first-order chi connectivity index (χ1) is 12.4. The molecule has 0 radical (unpaired) electrons. The highest BCUT2D eigenvalue weighted by Crippen LogP contribution is 2.49. The number of hydrogen-bond acceptors (Lipinski definition) is 3. The molecule has 0 heterocycles. The summed E-state index contributed by atoms with van der Waals surface area (Å²) in [6.45, 7) is 0. The van der Waals surface area contributed by atoms with E-state index in [1.165, 1.54) is 12.0 Å². The van der Waals surface area contributed by atoms with Crippen molar-refractivity contribution in [3.05, 3.63) is 65.7 Å². The lowest BCUT2D eigenvalue weighted by atomic mass is 9.67. The van der Waals surface area contributed by atoms with Crippen LogP contribution in [0.5, 0.6) is 0 Å². The molecule has 3 atom stereocenters. The summed E-state index contributed by atoms with van der Waals surface area (Å²) < 4.78 is 0. The van der Waals surface area contributed by atoms with Crippen molar-refractivity contribution in [2.75, 3.05) is 33.1 Å². The highest BCUT2D eigenvalue weighted by molar-refractivity contribution is 5.85. The van der Waals surface area contributed by atoms with Crippen molar-refractivity contribution in [1.29, 1.82) is 0 Å². The van der Waals surface area contributed by atoms with Crippen LogP contribution in [0.2, 0.25) is 0 Å². The van der Waals surface area contributed by atoms with E-state index >= 15 is 0 Å². The Balaban J connectivity index is 0.00000261. The van der Waals surface area contributed by atoms with Crippen molar-refractivity contribution < 1.29 is 5.11 Å². The summed E-state index contributed by atoms with van der Waals surface area (Å²) in [4.78, 5) is 4.36. The van der Waals surface area contributed by atoms with Crippen LogP contribution < -0.4 is 4.90 Å². The quantitative estimate of drug-likeness (QED) is 0.792. The first kappa shape index (κ1) is 21.7. The third-order valence-corrected chi connectivity index (χ3v) is 5.90. The zero-order valence-electron chi connectivity index (χ0n) is 16.9. The van der Waals surface area contributed by atoms with E-state index in [4.69, 9.17) is 0 Å². The van der Waals surface area contributed by atoms with Crippen LogP contribution >= 0.6 is 12.4 Å². The molecule has 1 N–H and O–H groups in total. The van der Waals surface area contributed by atoms with Gasteiger partial charge in [-0.25, -0.2) is 0 Å². The van der Waals surface area contributed by atoms with Gasteiger partial charge in [0.1, 0.15) is 0 Å². The first-order valence-corrected chi connectivity index (χ1v) is 9.65. The van der Waals surface area contributed by atoms with Crippen LogP contribution in [0.25, 0.3) is 0 Å². The van der Waals surface area contributed by atoms with Crippen LogP contribution in [-0.4, -0.2) is 38.2 Å². The molecule has 0 bridgehead atoms. The molecule has 1 fully saturated rings. The molecule has 0 aliphatic heterocycles. The third-order valence-electron chi connectivity index (χ3n) is 5.90. The topological polar surface area (TPSA) is 26.7 Å². The minimum atomic E-state index is -0.784. The summed E-state index contributed by atoms with van der Waals surface area (Å²) >= 11 is 0. The van der Waals surface area contributed by atoms with Crippen molar-refractivity contribution in [3.63, 3.8) is 0 Å². The Kier molecular flexibility index (Phi) is 7.32. The van der Waals surface area contributed by atoms with Crippen LogP contribution in [0.1, 0.15) is 42.9 Å². The zero-order chi connectivity index (χ0) is 18.7.